The minimum Gasteiger partial charge on any atom is -0.370 e. The van der Waals surface area contributed by atoms with Crippen LogP contribution in [0.5, 0.6) is 0 Å². The van der Waals surface area contributed by atoms with E-state index in [1.54, 1.807) is 6.33 Å². The first-order chi connectivity index (χ1) is 9.24. The van der Waals surface area contributed by atoms with Crippen molar-refractivity contribution in [3.8, 4) is 0 Å². The number of nitrogens with one attached hydrogen (secondary N) is 1. The third kappa shape index (κ3) is 2.38. The van der Waals surface area contributed by atoms with E-state index in [2.05, 4.69) is 19.9 Å². The number of piperidine rings is 1. The quantitative estimate of drug-likeness (QED) is 0.862. The van der Waals surface area contributed by atoms with Gasteiger partial charge in [-0.1, -0.05) is 0 Å². The number of anilines is 1. The number of carbonyl (C=O) groups is 1. The molecule has 19 heavy (non-hydrogen) atoms. The molecule has 2 aromatic rings. The molecule has 0 spiro atoms. The van der Waals surface area contributed by atoms with Gasteiger partial charge in [0.15, 0.2) is 0 Å². The van der Waals surface area contributed by atoms with Gasteiger partial charge in [-0.25, -0.2) is 9.97 Å². The average molecular weight is 259 g/mol. The van der Waals surface area contributed by atoms with Gasteiger partial charge in [-0.2, -0.15) is 0 Å². The zero-order valence-electron chi connectivity index (χ0n) is 10.7. The Labute approximate surface area is 111 Å². The Balaban J connectivity index is 1.85. The van der Waals surface area contributed by atoms with E-state index in [0.29, 0.717) is 12.3 Å². The van der Waals surface area contributed by atoms with Gasteiger partial charge >= 0.3 is 0 Å². The van der Waals surface area contributed by atoms with E-state index in [0.717, 1.165) is 42.8 Å². The number of hydrogen-bond acceptors (Lipinski definition) is 4. The molecule has 0 radical (unpaired) electrons. The Morgan fingerprint density at radius 2 is 2.42 bits per heavy atom. The van der Waals surface area contributed by atoms with E-state index in [1.165, 1.54) is 0 Å². The first-order valence-corrected chi connectivity index (χ1v) is 6.55. The maximum atomic E-state index is 11.1. The summed E-state index contributed by atoms with van der Waals surface area (Å²) in [5, 5.41) is 1.03. The molecule has 1 fully saturated rings. The smallest absolute Gasteiger partial charge is 0.217 e. The fourth-order valence-electron chi connectivity index (χ4n) is 2.82. The first-order valence-electron chi connectivity index (χ1n) is 6.55. The molecule has 100 valence electrons. The van der Waals surface area contributed by atoms with Crippen LogP contribution in [-0.2, 0) is 4.79 Å². The molecule has 0 bridgehead atoms. The molecule has 3 heterocycles. The highest BCUT2D eigenvalue weighted by molar-refractivity contribution is 5.87. The van der Waals surface area contributed by atoms with Crippen molar-refractivity contribution in [2.75, 3.05) is 18.0 Å². The van der Waals surface area contributed by atoms with Crippen molar-refractivity contribution in [3.05, 3.63) is 18.6 Å². The average Bonchev–Trinajstić information content (AvgIpc) is 2.86. The summed E-state index contributed by atoms with van der Waals surface area (Å²) in [6, 6.07) is 1.99. The highest BCUT2D eigenvalue weighted by Crippen LogP contribution is 2.27. The second-order valence-electron chi connectivity index (χ2n) is 5.06. The number of hydrogen-bond donors (Lipinski definition) is 2. The molecule has 3 N–H and O–H groups in total. The second kappa shape index (κ2) is 4.87. The predicted molar refractivity (Wildman–Crippen MR) is 72.6 cm³/mol. The summed E-state index contributed by atoms with van der Waals surface area (Å²) >= 11 is 0. The van der Waals surface area contributed by atoms with Crippen molar-refractivity contribution in [1.82, 2.24) is 15.0 Å². The number of aromatic nitrogens is 3. The number of carbonyl (C=O) groups excluding carboxylic acids is 1. The van der Waals surface area contributed by atoms with Crippen molar-refractivity contribution in [2.45, 2.75) is 19.3 Å². The van der Waals surface area contributed by atoms with E-state index in [1.807, 2.05) is 12.3 Å². The zero-order chi connectivity index (χ0) is 13.2. The van der Waals surface area contributed by atoms with Gasteiger partial charge in [-0.05, 0) is 24.8 Å². The number of nitrogens with two attached hydrogens (primary N) is 1. The molecule has 1 saturated heterocycles. The number of primary amides is 1. The van der Waals surface area contributed by atoms with Crippen molar-refractivity contribution in [1.29, 1.82) is 0 Å². The molecule has 1 unspecified atom stereocenters. The predicted octanol–water partition coefficient (Wildman–Crippen LogP) is 1.05. The van der Waals surface area contributed by atoms with Gasteiger partial charge in [0.05, 0.1) is 5.39 Å². The maximum Gasteiger partial charge on any atom is 0.217 e. The molecule has 0 aliphatic carbocycles. The van der Waals surface area contributed by atoms with Crippen LogP contribution in [0.25, 0.3) is 11.0 Å². The highest BCUT2D eigenvalue weighted by Gasteiger charge is 2.23. The van der Waals surface area contributed by atoms with Crippen LogP contribution < -0.4 is 10.6 Å². The fourth-order valence-corrected chi connectivity index (χ4v) is 2.82. The van der Waals surface area contributed by atoms with Crippen molar-refractivity contribution in [2.24, 2.45) is 11.7 Å². The number of amides is 1. The van der Waals surface area contributed by atoms with E-state index in [-0.39, 0.29) is 5.91 Å². The number of H-pyrrole nitrogens is 1. The van der Waals surface area contributed by atoms with Crippen LogP contribution in [-0.4, -0.2) is 33.9 Å². The number of rotatable bonds is 3. The van der Waals surface area contributed by atoms with Crippen LogP contribution in [0.3, 0.4) is 0 Å². The minimum absolute atomic E-state index is 0.221. The Hall–Kier alpha value is -2.11. The topological polar surface area (TPSA) is 87.9 Å². The monoisotopic (exact) mass is 259 g/mol. The van der Waals surface area contributed by atoms with Gasteiger partial charge < -0.3 is 15.6 Å². The molecule has 6 nitrogen and oxygen atoms in total. The summed E-state index contributed by atoms with van der Waals surface area (Å²) in [7, 11) is 0. The lowest BCUT2D eigenvalue weighted by Crippen LogP contribution is -2.37. The second-order valence-corrected chi connectivity index (χ2v) is 5.06. The van der Waals surface area contributed by atoms with Crippen molar-refractivity contribution >= 4 is 22.8 Å². The summed E-state index contributed by atoms with van der Waals surface area (Å²) < 4.78 is 0. The Morgan fingerprint density at radius 1 is 1.53 bits per heavy atom. The summed E-state index contributed by atoms with van der Waals surface area (Å²) in [4.78, 5) is 25.0. The number of aromatic amines is 1. The van der Waals surface area contributed by atoms with Crippen LogP contribution in [0.2, 0.25) is 0 Å². The molecule has 2 aromatic heterocycles. The fraction of sp³-hybridized carbons (Fsp3) is 0.462. The lowest BCUT2D eigenvalue weighted by atomic mass is 9.94. The van der Waals surface area contributed by atoms with Gasteiger partial charge in [0.25, 0.3) is 0 Å². The largest absolute Gasteiger partial charge is 0.370 e. The lowest BCUT2D eigenvalue weighted by molar-refractivity contribution is -0.118. The molecule has 1 aliphatic rings. The Morgan fingerprint density at radius 3 is 3.26 bits per heavy atom. The summed E-state index contributed by atoms with van der Waals surface area (Å²) in [5.74, 6) is 1.05. The summed E-state index contributed by atoms with van der Waals surface area (Å²) in [6.45, 7) is 1.80. The van der Waals surface area contributed by atoms with E-state index in [9.17, 15) is 4.79 Å². The van der Waals surface area contributed by atoms with Crippen LogP contribution in [0, 0.1) is 5.92 Å². The third-order valence-electron chi connectivity index (χ3n) is 3.64. The van der Waals surface area contributed by atoms with Gasteiger partial charge in [-0.3, -0.25) is 4.79 Å². The van der Waals surface area contributed by atoms with Crippen molar-refractivity contribution < 1.29 is 4.79 Å². The molecule has 0 aromatic carbocycles. The summed E-state index contributed by atoms with van der Waals surface area (Å²) in [6.07, 6.45) is 6.02. The first kappa shape index (κ1) is 12.0. The standard InChI is InChI=1S/C13H17N5O/c14-11(19)6-9-2-1-5-18(7-9)13-10-3-4-15-12(10)16-8-17-13/h3-4,8-9H,1-2,5-7H2,(H2,14,19)(H,15,16,17). The Kier molecular flexibility index (Phi) is 3.06. The van der Waals surface area contributed by atoms with Crippen LogP contribution in [0.1, 0.15) is 19.3 Å². The lowest BCUT2D eigenvalue weighted by Gasteiger charge is -2.33. The van der Waals surface area contributed by atoms with Crippen molar-refractivity contribution in [3.63, 3.8) is 0 Å². The van der Waals surface area contributed by atoms with E-state index < -0.39 is 0 Å². The maximum absolute atomic E-state index is 11.1. The highest BCUT2D eigenvalue weighted by atomic mass is 16.1. The van der Waals surface area contributed by atoms with Gasteiger partial charge in [-0.15, -0.1) is 0 Å². The van der Waals surface area contributed by atoms with E-state index >= 15 is 0 Å². The molecule has 0 saturated carbocycles. The molecule has 1 aliphatic heterocycles. The molecule has 6 heteroatoms. The van der Waals surface area contributed by atoms with Gasteiger partial charge in [0, 0.05) is 25.7 Å². The van der Waals surface area contributed by atoms with Crippen LogP contribution >= 0.6 is 0 Å². The number of nitrogens with zero attached hydrogens (tertiary/aromatic N) is 3. The van der Waals surface area contributed by atoms with Crippen LogP contribution in [0.15, 0.2) is 18.6 Å². The van der Waals surface area contributed by atoms with Gasteiger partial charge in [0.1, 0.15) is 17.8 Å². The molecule has 1 atom stereocenters. The molecular weight excluding hydrogens is 242 g/mol. The zero-order valence-corrected chi connectivity index (χ0v) is 10.7. The van der Waals surface area contributed by atoms with Crippen LogP contribution in [0.4, 0.5) is 5.82 Å². The third-order valence-corrected chi connectivity index (χ3v) is 3.64. The Bertz CT molecular complexity index is 593. The molecule has 3 rings (SSSR count). The summed E-state index contributed by atoms with van der Waals surface area (Å²) in [5.41, 5.74) is 6.14. The molecule has 1 amide bonds. The normalized spacial score (nSPS) is 19.8. The minimum atomic E-state index is -0.221. The SMILES string of the molecule is NC(=O)CC1CCCN(c2ncnc3[nH]ccc23)C1. The molecular formula is C13H17N5O. The van der Waals surface area contributed by atoms with Gasteiger partial charge in [0.2, 0.25) is 5.91 Å². The number of fused-ring (bicyclic) bond motifs is 1. The van der Waals surface area contributed by atoms with E-state index in [4.69, 9.17) is 5.73 Å².